The smallest absolute Gasteiger partial charge is 0.261 e. The number of aryl methyl sites for hydroxylation is 1. The highest BCUT2D eigenvalue weighted by Gasteiger charge is 2.15. The molecule has 0 radical (unpaired) electrons. The molecule has 7 heteroatoms. The van der Waals surface area contributed by atoms with Crippen molar-refractivity contribution in [3.63, 3.8) is 0 Å². The van der Waals surface area contributed by atoms with E-state index >= 15 is 0 Å². The van der Waals surface area contributed by atoms with E-state index in [1.165, 1.54) is 19.1 Å². The second-order valence-corrected chi connectivity index (χ2v) is 7.86. The van der Waals surface area contributed by atoms with E-state index in [2.05, 4.69) is 14.9 Å². The molecule has 0 saturated carbocycles. The second kappa shape index (κ2) is 8.31. The Morgan fingerprint density at radius 3 is 2.28 bits per heavy atom. The van der Waals surface area contributed by atoms with E-state index in [4.69, 9.17) is 0 Å². The Bertz CT molecular complexity index is 806. The number of nitrogens with one attached hydrogen (secondary N) is 2. The number of halogens is 1. The first-order valence-electron chi connectivity index (χ1n) is 8.05. The maximum absolute atomic E-state index is 13.3. The summed E-state index contributed by atoms with van der Waals surface area (Å²) in [5.41, 5.74) is 1.68. The van der Waals surface area contributed by atoms with Crippen molar-refractivity contribution in [3.8, 4) is 0 Å². The van der Waals surface area contributed by atoms with Crippen LogP contribution in [0.3, 0.4) is 0 Å². The highest BCUT2D eigenvalue weighted by molar-refractivity contribution is 7.92. The Kier molecular flexibility index (Phi) is 6.39. The minimum absolute atomic E-state index is 0.0392. The normalized spacial score (nSPS) is 11.6. The van der Waals surface area contributed by atoms with Gasteiger partial charge in [-0.05, 0) is 82.0 Å². The van der Waals surface area contributed by atoms with Crippen LogP contribution >= 0.6 is 0 Å². The van der Waals surface area contributed by atoms with Gasteiger partial charge < -0.3 is 10.2 Å². The molecule has 0 heterocycles. The molecule has 0 unspecified atom stereocenters. The summed E-state index contributed by atoms with van der Waals surface area (Å²) in [5.74, 6) is -0.427. The van der Waals surface area contributed by atoms with Crippen LogP contribution in [0.5, 0.6) is 0 Å². The lowest BCUT2D eigenvalue weighted by molar-refractivity contribution is 0.405. The summed E-state index contributed by atoms with van der Waals surface area (Å²) in [4.78, 5) is 2.16. The van der Waals surface area contributed by atoms with E-state index in [-0.39, 0.29) is 4.90 Å². The maximum atomic E-state index is 13.3. The van der Waals surface area contributed by atoms with Crippen LogP contribution in [-0.2, 0) is 10.0 Å². The predicted molar refractivity (Wildman–Crippen MR) is 100 cm³/mol. The Morgan fingerprint density at radius 1 is 1.04 bits per heavy atom. The van der Waals surface area contributed by atoms with Gasteiger partial charge in [0.05, 0.1) is 4.90 Å². The first-order valence-corrected chi connectivity index (χ1v) is 9.54. The van der Waals surface area contributed by atoms with Crippen LogP contribution in [0.4, 0.5) is 15.8 Å². The number of hydrogen-bond donors (Lipinski definition) is 2. The average Bonchev–Trinajstić information content (AvgIpc) is 2.55. The maximum Gasteiger partial charge on any atom is 0.261 e. The molecule has 0 aliphatic rings. The van der Waals surface area contributed by atoms with Crippen LogP contribution in [0.25, 0.3) is 0 Å². The Labute approximate surface area is 148 Å². The summed E-state index contributed by atoms with van der Waals surface area (Å²) in [6.07, 6.45) is 1.02. The molecule has 0 atom stereocenters. The highest BCUT2D eigenvalue weighted by Crippen LogP contribution is 2.20. The molecule has 0 aliphatic heterocycles. The molecule has 0 bridgehead atoms. The van der Waals surface area contributed by atoms with Gasteiger partial charge in [-0.25, -0.2) is 12.8 Å². The first-order chi connectivity index (χ1) is 11.8. The van der Waals surface area contributed by atoms with Crippen LogP contribution in [0.1, 0.15) is 12.0 Å². The molecular formula is C18H24FN3O2S. The number of sulfonamides is 1. The molecule has 2 aromatic rings. The predicted octanol–water partition coefficient (Wildman–Crippen LogP) is 3.30. The summed E-state index contributed by atoms with van der Waals surface area (Å²) in [7, 11) is 0.324. The van der Waals surface area contributed by atoms with Gasteiger partial charge in [0.15, 0.2) is 0 Å². The summed E-state index contributed by atoms with van der Waals surface area (Å²) in [6, 6.07) is 10.8. The average molecular weight is 365 g/mol. The van der Waals surface area contributed by atoms with Gasteiger partial charge in [0.1, 0.15) is 5.82 Å². The number of benzene rings is 2. The summed E-state index contributed by atoms with van der Waals surface area (Å²) >= 11 is 0. The van der Waals surface area contributed by atoms with Gasteiger partial charge in [0.25, 0.3) is 10.0 Å². The lowest BCUT2D eigenvalue weighted by Gasteiger charge is -2.12. The molecule has 25 heavy (non-hydrogen) atoms. The van der Waals surface area contributed by atoms with Gasteiger partial charge >= 0.3 is 0 Å². The van der Waals surface area contributed by atoms with E-state index < -0.39 is 15.8 Å². The topological polar surface area (TPSA) is 61.4 Å². The van der Waals surface area contributed by atoms with Crippen molar-refractivity contribution in [1.82, 2.24) is 4.90 Å². The summed E-state index contributed by atoms with van der Waals surface area (Å²) < 4.78 is 40.6. The van der Waals surface area contributed by atoms with Gasteiger partial charge in [-0.3, -0.25) is 4.72 Å². The van der Waals surface area contributed by atoms with E-state index in [9.17, 15) is 12.8 Å². The first kappa shape index (κ1) is 19.2. The van der Waals surface area contributed by atoms with Crippen molar-refractivity contribution >= 4 is 21.4 Å². The molecule has 5 nitrogen and oxygen atoms in total. The van der Waals surface area contributed by atoms with Gasteiger partial charge in [-0.2, -0.15) is 0 Å². The molecule has 0 saturated heterocycles. The minimum Gasteiger partial charge on any atom is -0.385 e. The Morgan fingerprint density at radius 2 is 1.68 bits per heavy atom. The van der Waals surface area contributed by atoms with Crippen LogP contribution in [0, 0.1) is 12.7 Å². The summed E-state index contributed by atoms with van der Waals surface area (Å²) in [6.45, 7) is 3.38. The van der Waals surface area contributed by atoms with Crippen LogP contribution in [0.15, 0.2) is 47.4 Å². The number of hydrogen-bond acceptors (Lipinski definition) is 4. The van der Waals surface area contributed by atoms with Crippen molar-refractivity contribution < 1.29 is 12.8 Å². The third kappa shape index (κ3) is 5.72. The van der Waals surface area contributed by atoms with Crippen molar-refractivity contribution in [3.05, 3.63) is 53.8 Å². The zero-order valence-corrected chi connectivity index (χ0v) is 15.5. The lowest BCUT2D eigenvalue weighted by Crippen LogP contribution is -2.16. The quantitative estimate of drug-likeness (QED) is 0.705. The monoisotopic (exact) mass is 365 g/mol. The van der Waals surface area contributed by atoms with Crippen molar-refractivity contribution in [2.24, 2.45) is 0 Å². The van der Waals surface area contributed by atoms with E-state index in [0.717, 1.165) is 31.3 Å². The fourth-order valence-corrected chi connectivity index (χ4v) is 3.43. The largest absolute Gasteiger partial charge is 0.385 e. The Balaban J connectivity index is 1.99. The van der Waals surface area contributed by atoms with E-state index in [1.54, 1.807) is 12.1 Å². The third-order valence-corrected chi connectivity index (χ3v) is 5.07. The lowest BCUT2D eigenvalue weighted by atomic mass is 10.2. The fourth-order valence-electron chi connectivity index (χ4n) is 2.28. The van der Waals surface area contributed by atoms with Crippen LogP contribution in [-0.4, -0.2) is 40.5 Å². The Hall–Kier alpha value is -2.12. The van der Waals surface area contributed by atoms with Gasteiger partial charge in [0.2, 0.25) is 0 Å². The van der Waals surface area contributed by atoms with E-state index in [0.29, 0.717) is 11.3 Å². The number of rotatable bonds is 8. The van der Waals surface area contributed by atoms with Crippen molar-refractivity contribution in [2.45, 2.75) is 18.2 Å². The molecule has 0 aromatic heterocycles. The standard InChI is InChI=1S/C18H24FN3O2S/c1-14-13-17(9-10-18(14)19)25(23,24)21-16-7-5-15(6-8-16)20-11-4-12-22(2)3/h5-10,13,20-21H,4,11-12H2,1-3H3. The molecule has 136 valence electrons. The highest BCUT2D eigenvalue weighted by atomic mass is 32.2. The fraction of sp³-hybridized carbons (Fsp3) is 0.333. The molecule has 2 rings (SSSR count). The number of nitrogens with zero attached hydrogens (tertiary/aromatic N) is 1. The third-order valence-electron chi connectivity index (χ3n) is 3.69. The van der Waals surface area contributed by atoms with Crippen molar-refractivity contribution in [2.75, 3.05) is 37.2 Å². The van der Waals surface area contributed by atoms with E-state index in [1.807, 2.05) is 26.2 Å². The molecule has 2 aromatic carbocycles. The van der Waals surface area contributed by atoms with Gasteiger partial charge in [0, 0.05) is 17.9 Å². The number of anilines is 2. The van der Waals surface area contributed by atoms with Crippen LogP contribution < -0.4 is 10.0 Å². The van der Waals surface area contributed by atoms with Crippen LogP contribution in [0.2, 0.25) is 0 Å². The molecule has 0 spiro atoms. The van der Waals surface area contributed by atoms with Gasteiger partial charge in [-0.15, -0.1) is 0 Å². The zero-order valence-electron chi connectivity index (χ0n) is 14.7. The molecule has 0 fully saturated rings. The van der Waals surface area contributed by atoms with Crippen molar-refractivity contribution in [1.29, 1.82) is 0 Å². The summed E-state index contributed by atoms with van der Waals surface area (Å²) in [5, 5.41) is 3.29. The molecular weight excluding hydrogens is 341 g/mol. The molecule has 0 amide bonds. The molecule has 0 aliphatic carbocycles. The molecule has 2 N–H and O–H groups in total. The zero-order chi connectivity index (χ0) is 18.4. The minimum atomic E-state index is -3.74. The second-order valence-electron chi connectivity index (χ2n) is 6.18. The van der Waals surface area contributed by atoms with Gasteiger partial charge in [-0.1, -0.05) is 0 Å². The SMILES string of the molecule is Cc1cc(S(=O)(=O)Nc2ccc(NCCCN(C)C)cc2)ccc1F.